The molecule has 1 aliphatic rings. The van der Waals surface area contributed by atoms with Crippen LogP contribution >= 0.6 is 11.3 Å². The Kier molecular flexibility index (Phi) is 3.01. The van der Waals surface area contributed by atoms with E-state index in [-0.39, 0.29) is 5.41 Å². The summed E-state index contributed by atoms with van der Waals surface area (Å²) in [5.41, 5.74) is 0.0897. The molecule has 1 heterocycles. The van der Waals surface area contributed by atoms with Crippen LogP contribution < -0.4 is 0 Å². The number of thiazole rings is 1. The maximum absolute atomic E-state index is 10.3. The first kappa shape index (κ1) is 12.5. The minimum Gasteiger partial charge on any atom is -0.385 e. The van der Waals surface area contributed by atoms with E-state index in [1.165, 1.54) is 0 Å². The molecule has 0 amide bonds. The monoisotopic (exact) mass is 250 g/mol. The zero-order chi connectivity index (χ0) is 12.7. The summed E-state index contributed by atoms with van der Waals surface area (Å²) in [5.74, 6) is 0. The quantitative estimate of drug-likeness (QED) is 0.877. The van der Waals surface area contributed by atoms with Gasteiger partial charge in [-0.15, -0.1) is 11.3 Å². The molecule has 0 saturated heterocycles. The largest absolute Gasteiger partial charge is 0.385 e. The summed E-state index contributed by atoms with van der Waals surface area (Å²) in [6, 6.07) is 2.28. The van der Waals surface area contributed by atoms with Gasteiger partial charge in [-0.3, -0.25) is 0 Å². The summed E-state index contributed by atoms with van der Waals surface area (Å²) >= 11 is 1.57. The molecule has 1 N–H and O–H groups in total. The fourth-order valence-corrected chi connectivity index (χ4v) is 2.97. The molecule has 0 aliphatic heterocycles. The van der Waals surface area contributed by atoms with E-state index in [0.717, 1.165) is 24.3 Å². The van der Waals surface area contributed by atoms with E-state index in [4.69, 9.17) is 0 Å². The Balaban J connectivity index is 2.24. The van der Waals surface area contributed by atoms with E-state index in [2.05, 4.69) is 31.8 Å². The van der Waals surface area contributed by atoms with Gasteiger partial charge in [-0.1, -0.05) is 27.2 Å². The first-order valence-electron chi connectivity index (χ1n) is 5.94. The van der Waals surface area contributed by atoms with Crippen LogP contribution in [0.4, 0.5) is 0 Å². The maximum atomic E-state index is 10.3. The molecule has 1 aromatic heterocycles. The van der Waals surface area contributed by atoms with Gasteiger partial charge < -0.3 is 5.11 Å². The van der Waals surface area contributed by atoms with Gasteiger partial charge >= 0.3 is 0 Å². The standard InChI is InChI=1S/C13H18N2OS/c1-12(2,3)11-15-9(7-17-11)10(16)13(8-14)5-4-6-13/h7,10,16H,4-6H2,1-3H3. The van der Waals surface area contributed by atoms with E-state index in [9.17, 15) is 10.4 Å². The number of nitriles is 1. The van der Waals surface area contributed by atoms with E-state index in [1.54, 1.807) is 11.3 Å². The van der Waals surface area contributed by atoms with E-state index < -0.39 is 11.5 Å². The predicted molar refractivity (Wildman–Crippen MR) is 67.7 cm³/mol. The second kappa shape index (κ2) is 4.08. The van der Waals surface area contributed by atoms with Crippen molar-refractivity contribution in [3.63, 3.8) is 0 Å². The third-order valence-electron chi connectivity index (χ3n) is 3.44. The summed E-state index contributed by atoms with van der Waals surface area (Å²) in [6.07, 6.45) is 1.87. The maximum Gasteiger partial charge on any atom is 0.115 e. The lowest BCUT2D eigenvalue weighted by atomic mass is 9.65. The third kappa shape index (κ3) is 2.10. The molecular formula is C13H18N2OS. The highest BCUT2D eigenvalue weighted by Crippen LogP contribution is 2.49. The molecule has 4 heteroatoms. The fourth-order valence-electron chi connectivity index (χ4n) is 2.04. The highest BCUT2D eigenvalue weighted by molar-refractivity contribution is 7.09. The van der Waals surface area contributed by atoms with Crippen LogP contribution in [0.2, 0.25) is 0 Å². The van der Waals surface area contributed by atoms with Crippen molar-refractivity contribution < 1.29 is 5.11 Å². The molecule has 1 saturated carbocycles. The predicted octanol–water partition coefficient (Wildman–Crippen LogP) is 3.17. The number of hydrogen-bond acceptors (Lipinski definition) is 4. The molecule has 92 valence electrons. The topological polar surface area (TPSA) is 56.9 Å². The van der Waals surface area contributed by atoms with Crippen LogP contribution in [0.3, 0.4) is 0 Å². The van der Waals surface area contributed by atoms with Gasteiger partial charge in [-0.2, -0.15) is 5.26 Å². The molecule has 1 aliphatic carbocycles. The number of aliphatic hydroxyl groups excluding tert-OH is 1. The number of hydrogen-bond donors (Lipinski definition) is 1. The highest BCUT2D eigenvalue weighted by atomic mass is 32.1. The summed E-state index contributed by atoms with van der Waals surface area (Å²) in [6.45, 7) is 6.31. The zero-order valence-corrected chi connectivity index (χ0v) is 11.3. The molecule has 0 bridgehead atoms. The van der Waals surface area contributed by atoms with Gasteiger partial charge in [0, 0.05) is 10.8 Å². The Morgan fingerprint density at radius 1 is 1.53 bits per heavy atom. The van der Waals surface area contributed by atoms with Gasteiger partial charge in [0.25, 0.3) is 0 Å². The Hall–Kier alpha value is -0.920. The van der Waals surface area contributed by atoms with E-state index >= 15 is 0 Å². The minimum atomic E-state index is -0.728. The Morgan fingerprint density at radius 3 is 2.53 bits per heavy atom. The van der Waals surface area contributed by atoms with Crippen molar-refractivity contribution in [2.24, 2.45) is 5.41 Å². The zero-order valence-electron chi connectivity index (χ0n) is 10.5. The minimum absolute atomic E-state index is 0.00204. The van der Waals surface area contributed by atoms with Crippen molar-refractivity contribution >= 4 is 11.3 Å². The van der Waals surface area contributed by atoms with Crippen LogP contribution in [-0.2, 0) is 5.41 Å². The van der Waals surface area contributed by atoms with Crippen LogP contribution in [0.5, 0.6) is 0 Å². The van der Waals surface area contributed by atoms with E-state index in [0.29, 0.717) is 5.69 Å². The molecule has 3 nitrogen and oxygen atoms in total. The van der Waals surface area contributed by atoms with Crippen molar-refractivity contribution in [3.05, 3.63) is 16.1 Å². The molecule has 1 unspecified atom stereocenters. The molecule has 0 aromatic carbocycles. The van der Waals surface area contributed by atoms with Gasteiger partial charge in [0.15, 0.2) is 0 Å². The summed E-state index contributed by atoms with van der Waals surface area (Å²) < 4.78 is 0. The summed E-state index contributed by atoms with van der Waals surface area (Å²) in [5, 5.41) is 22.4. The van der Waals surface area contributed by atoms with Crippen LogP contribution in [0.1, 0.15) is 56.8 Å². The third-order valence-corrected chi connectivity index (χ3v) is 4.72. The molecule has 1 fully saturated rings. The molecular weight excluding hydrogens is 232 g/mol. The van der Waals surface area contributed by atoms with Crippen molar-refractivity contribution in [1.29, 1.82) is 5.26 Å². The Morgan fingerprint density at radius 2 is 2.18 bits per heavy atom. The van der Waals surface area contributed by atoms with Crippen molar-refractivity contribution in [2.75, 3.05) is 0 Å². The average Bonchev–Trinajstić information content (AvgIpc) is 2.64. The van der Waals surface area contributed by atoms with Gasteiger partial charge in [-0.05, 0) is 12.8 Å². The number of aliphatic hydroxyl groups is 1. The van der Waals surface area contributed by atoms with Crippen molar-refractivity contribution in [3.8, 4) is 6.07 Å². The second-order valence-corrected chi connectivity index (χ2v) is 6.71. The average molecular weight is 250 g/mol. The molecule has 2 rings (SSSR count). The van der Waals surface area contributed by atoms with Gasteiger partial charge in [0.2, 0.25) is 0 Å². The lowest BCUT2D eigenvalue weighted by Crippen LogP contribution is -2.34. The summed E-state index contributed by atoms with van der Waals surface area (Å²) in [4.78, 5) is 4.49. The molecule has 0 spiro atoms. The number of rotatable bonds is 2. The molecule has 17 heavy (non-hydrogen) atoms. The van der Waals surface area contributed by atoms with Crippen molar-refractivity contribution in [2.45, 2.75) is 51.6 Å². The molecule has 1 aromatic rings. The van der Waals surface area contributed by atoms with Gasteiger partial charge in [0.1, 0.15) is 6.10 Å². The lowest BCUT2D eigenvalue weighted by Gasteiger charge is -2.38. The molecule has 0 radical (unpaired) electrons. The van der Waals surface area contributed by atoms with Crippen LogP contribution in [-0.4, -0.2) is 10.1 Å². The smallest absolute Gasteiger partial charge is 0.115 e. The summed E-state index contributed by atoms with van der Waals surface area (Å²) in [7, 11) is 0. The second-order valence-electron chi connectivity index (χ2n) is 5.85. The normalized spacial score (nSPS) is 20.4. The Bertz CT molecular complexity index is 449. The number of nitrogens with zero attached hydrogens (tertiary/aromatic N) is 2. The lowest BCUT2D eigenvalue weighted by molar-refractivity contribution is 0.00530. The van der Waals surface area contributed by atoms with E-state index in [1.807, 2.05) is 5.38 Å². The first-order chi connectivity index (χ1) is 7.89. The first-order valence-corrected chi connectivity index (χ1v) is 6.82. The number of aromatic nitrogens is 1. The van der Waals surface area contributed by atoms with Crippen LogP contribution in [0.25, 0.3) is 0 Å². The van der Waals surface area contributed by atoms with Gasteiger partial charge in [-0.25, -0.2) is 4.98 Å². The highest BCUT2D eigenvalue weighted by Gasteiger charge is 2.45. The molecule has 1 atom stereocenters. The van der Waals surface area contributed by atoms with Crippen molar-refractivity contribution in [1.82, 2.24) is 4.98 Å². The van der Waals surface area contributed by atoms with Crippen LogP contribution in [0.15, 0.2) is 5.38 Å². The van der Waals surface area contributed by atoms with Gasteiger partial charge in [0.05, 0.1) is 22.2 Å². The SMILES string of the molecule is CC(C)(C)c1nc(C(O)C2(C#N)CCC2)cs1. The Labute approximate surface area is 106 Å². The fraction of sp³-hybridized carbons (Fsp3) is 0.692. The van der Waals surface area contributed by atoms with Crippen LogP contribution in [0, 0.1) is 16.7 Å².